The van der Waals surface area contributed by atoms with E-state index in [1.165, 1.54) is 23.9 Å². The van der Waals surface area contributed by atoms with Crippen LogP contribution in [0.5, 0.6) is 0 Å². The van der Waals surface area contributed by atoms with Crippen LogP contribution < -0.4 is 5.32 Å². The van der Waals surface area contributed by atoms with E-state index >= 15 is 0 Å². The fourth-order valence-electron chi connectivity index (χ4n) is 1.82. The van der Waals surface area contributed by atoms with E-state index in [1.54, 1.807) is 18.2 Å². The van der Waals surface area contributed by atoms with Crippen LogP contribution in [0.2, 0.25) is 5.02 Å². The molecule has 110 valence electrons. The van der Waals surface area contributed by atoms with Gasteiger partial charge in [-0.2, -0.15) is 0 Å². The molecule has 0 fully saturated rings. The monoisotopic (exact) mass is 323 g/mol. The first-order chi connectivity index (χ1) is 10.1. The molecule has 0 radical (unpaired) electrons. The first kappa shape index (κ1) is 15.9. The van der Waals surface area contributed by atoms with Gasteiger partial charge in [-0.3, -0.25) is 4.79 Å². The molecule has 0 aliphatic heterocycles. The first-order valence-electron chi connectivity index (χ1n) is 6.43. The Labute approximate surface area is 132 Å². The molecule has 0 aliphatic carbocycles. The van der Waals surface area contributed by atoms with Gasteiger partial charge in [0.25, 0.3) is 0 Å². The predicted molar refractivity (Wildman–Crippen MR) is 87.4 cm³/mol. The van der Waals surface area contributed by atoms with Gasteiger partial charge in [-0.05, 0) is 42.3 Å². The molecule has 0 atom stereocenters. The van der Waals surface area contributed by atoms with E-state index in [0.717, 1.165) is 16.8 Å². The number of nitrogens with one attached hydrogen (secondary N) is 1. The standard InChI is InChI=1S/C16H15ClFNOS/c1-11-14(17)6-3-7-15(11)19-16(20)10-21-9-12-4-2-5-13(18)8-12/h2-8H,9-10H2,1H3,(H,19,20). The lowest BCUT2D eigenvalue weighted by Gasteiger charge is -2.09. The highest BCUT2D eigenvalue weighted by Crippen LogP contribution is 2.23. The first-order valence-corrected chi connectivity index (χ1v) is 7.96. The SMILES string of the molecule is Cc1c(Cl)cccc1NC(=O)CSCc1cccc(F)c1. The number of rotatable bonds is 5. The molecule has 0 heterocycles. The van der Waals surface area contributed by atoms with Crippen molar-refractivity contribution in [3.63, 3.8) is 0 Å². The molecule has 2 aromatic rings. The molecule has 0 saturated heterocycles. The number of halogens is 2. The number of thioether (sulfide) groups is 1. The minimum absolute atomic E-state index is 0.0956. The zero-order valence-electron chi connectivity index (χ0n) is 11.5. The van der Waals surface area contributed by atoms with Gasteiger partial charge in [-0.1, -0.05) is 29.8 Å². The van der Waals surface area contributed by atoms with Crippen molar-refractivity contribution in [2.24, 2.45) is 0 Å². The largest absolute Gasteiger partial charge is 0.325 e. The third-order valence-electron chi connectivity index (χ3n) is 2.93. The maximum Gasteiger partial charge on any atom is 0.234 e. The van der Waals surface area contributed by atoms with Crippen LogP contribution in [0.15, 0.2) is 42.5 Å². The minimum atomic E-state index is -0.257. The Bertz CT molecular complexity index is 648. The molecule has 0 bridgehead atoms. The summed E-state index contributed by atoms with van der Waals surface area (Å²) in [6.07, 6.45) is 0. The summed E-state index contributed by atoms with van der Waals surface area (Å²) in [6.45, 7) is 1.86. The van der Waals surface area contributed by atoms with Crippen molar-refractivity contribution < 1.29 is 9.18 Å². The zero-order chi connectivity index (χ0) is 15.2. The van der Waals surface area contributed by atoms with Gasteiger partial charge in [0.1, 0.15) is 5.82 Å². The lowest BCUT2D eigenvalue weighted by molar-refractivity contribution is -0.113. The summed E-state index contributed by atoms with van der Waals surface area (Å²) in [5.74, 6) is 0.552. The van der Waals surface area contributed by atoms with E-state index in [0.29, 0.717) is 16.5 Å². The van der Waals surface area contributed by atoms with Gasteiger partial charge in [0.2, 0.25) is 5.91 Å². The second kappa shape index (κ2) is 7.48. The van der Waals surface area contributed by atoms with E-state index in [-0.39, 0.29) is 11.7 Å². The van der Waals surface area contributed by atoms with Crippen molar-refractivity contribution >= 4 is 35.0 Å². The molecule has 0 aromatic heterocycles. The lowest BCUT2D eigenvalue weighted by Crippen LogP contribution is -2.15. The topological polar surface area (TPSA) is 29.1 Å². The van der Waals surface area contributed by atoms with E-state index in [2.05, 4.69) is 5.32 Å². The Morgan fingerprint density at radius 3 is 2.81 bits per heavy atom. The van der Waals surface area contributed by atoms with Crippen LogP contribution in [0, 0.1) is 12.7 Å². The van der Waals surface area contributed by atoms with Crippen molar-refractivity contribution in [3.8, 4) is 0 Å². The number of carbonyl (C=O) groups excluding carboxylic acids is 1. The minimum Gasteiger partial charge on any atom is -0.325 e. The van der Waals surface area contributed by atoms with Gasteiger partial charge in [0.05, 0.1) is 5.75 Å². The summed E-state index contributed by atoms with van der Waals surface area (Å²) in [5.41, 5.74) is 2.44. The molecule has 1 amide bonds. The highest BCUT2D eigenvalue weighted by Gasteiger charge is 2.07. The third-order valence-corrected chi connectivity index (χ3v) is 4.35. The summed E-state index contributed by atoms with van der Waals surface area (Å²) >= 11 is 7.45. The lowest BCUT2D eigenvalue weighted by atomic mass is 10.2. The molecule has 0 unspecified atom stereocenters. The van der Waals surface area contributed by atoms with E-state index < -0.39 is 0 Å². The average molecular weight is 324 g/mol. The highest BCUT2D eigenvalue weighted by atomic mass is 35.5. The van der Waals surface area contributed by atoms with Crippen molar-refractivity contribution in [2.75, 3.05) is 11.1 Å². The van der Waals surface area contributed by atoms with Gasteiger partial charge in [-0.25, -0.2) is 4.39 Å². The van der Waals surface area contributed by atoms with E-state index in [9.17, 15) is 9.18 Å². The summed E-state index contributed by atoms with van der Waals surface area (Å²) in [4.78, 5) is 11.9. The van der Waals surface area contributed by atoms with Gasteiger partial charge in [-0.15, -0.1) is 11.8 Å². The van der Waals surface area contributed by atoms with Crippen LogP contribution >= 0.6 is 23.4 Å². The molecule has 21 heavy (non-hydrogen) atoms. The van der Waals surface area contributed by atoms with Crippen LogP contribution in [-0.2, 0) is 10.5 Å². The fraction of sp³-hybridized carbons (Fsp3) is 0.188. The summed E-state index contributed by atoms with van der Waals surface area (Å²) in [5, 5.41) is 3.46. The van der Waals surface area contributed by atoms with Crippen molar-refractivity contribution in [1.29, 1.82) is 0 Å². The Hall–Kier alpha value is -1.52. The normalized spacial score (nSPS) is 10.4. The van der Waals surface area contributed by atoms with E-state index in [4.69, 9.17) is 11.6 Å². The second-order valence-electron chi connectivity index (χ2n) is 4.58. The summed E-state index contributed by atoms with van der Waals surface area (Å²) < 4.78 is 13.0. The maximum atomic E-state index is 13.0. The molecular weight excluding hydrogens is 309 g/mol. The molecule has 2 aromatic carbocycles. The quantitative estimate of drug-likeness (QED) is 0.867. The number of hydrogen-bond acceptors (Lipinski definition) is 2. The molecule has 1 N–H and O–H groups in total. The number of amides is 1. The Morgan fingerprint density at radius 1 is 1.29 bits per heavy atom. The van der Waals surface area contributed by atoms with Crippen molar-refractivity contribution in [3.05, 3.63) is 64.4 Å². The summed E-state index contributed by atoms with van der Waals surface area (Å²) in [7, 11) is 0. The van der Waals surface area contributed by atoms with E-state index in [1.807, 2.05) is 19.1 Å². The van der Waals surface area contributed by atoms with Gasteiger partial charge < -0.3 is 5.32 Å². The molecule has 0 saturated carbocycles. The Kier molecular flexibility index (Phi) is 5.65. The van der Waals surface area contributed by atoms with Crippen molar-refractivity contribution in [2.45, 2.75) is 12.7 Å². The highest BCUT2D eigenvalue weighted by molar-refractivity contribution is 7.99. The van der Waals surface area contributed by atoms with Gasteiger partial charge >= 0.3 is 0 Å². The van der Waals surface area contributed by atoms with Gasteiger partial charge in [0.15, 0.2) is 0 Å². The molecular formula is C16H15ClFNOS. The smallest absolute Gasteiger partial charge is 0.234 e. The van der Waals surface area contributed by atoms with Crippen LogP contribution in [0.25, 0.3) is 0 Å². The van der Waals surface area contributed by atoms with Crippen molar-refractivity contribution in [1.82, 2.24) is 0 Å². The number of benzene rings is 2. The van der Waals surface area contributed by atoms with Crippen LogP contribution in [0.4, 0.5) is 10.1 Å². The van der Waals surface area contributed by atoms with Gasteiger partial charge in [0, 0.05) is 16.5 Å². The third kappa shape index (κ3) is 4.76. The molecule has 5 heteroatoms. The average Bonchev–Trinajstić information content (AvgIpc) is 2.44. The van der Waals surface area contributed by atoms with Crippen LogP contribution in [-0.4, -0.2) is 11.7 Å². The predicted octanol–water partition coefficient (Wildman–Crippen LogP) is 4.66. The number of hydrogen-bond donors (Lipinski definition) is 1. The maximum absolute atomic E-state index is 13.0. The second-order valence-corrected chi connectivity index (χ2v) is 5.98. The van der Waals surface area contributed by atoms with Crippen LogP contribution in [0.3, 0.4) is 0 Å². The van der Waals surface area contributed by atoms with Crippen LogP contribution in [0.1, 0.15) is 11.1 Å². The number of anilines is 1. The molecule has 0 aliphatic rings. The Balaban J connectivity index is 1.84. The zero-order valence-corrected chi connectivity index (χ0v) is 13.1. The molecule has 0 spiro atoms. The summed E-state index contributed by atoms with van der Waals surface area (Å²) in [6, 6.07) is 11.8. The fourth-order valence-corrected chi connectivity index (χ4v) is 2.77. The molecule has 2 rings (SSSR count). The Morgan fingerprint density at radius 2 is 2.05 bits per heavy atom. The molecule has 2 nitrogen and oxygen atoms in total. The number of carbonyl (C=O) groups is 1.